The van der Waals surface area contributed by atoms with Crippen molar-refractivity contribution in [3.8, 4) is 17.2 Å². The van der Waals surface area contributed by atoms with E-state index in [0.29, 0.717) is 29.4 Å². The Bertz CT molecular complexity index is 487. The third-order valence-corrected chi connectivity index (χ3v) is 2.76. The quantitative estimate of drug-likeness (QED) is 0.705. The van der Waals surface area contributed by atoms with E-state index in [1.165, 1.54) is 21.3 Å². The van der Waals surface area contributed by atoms with Crippen LogP contribution in [-0.4, -0.2) is 38.9 Å². The Labute approximate surface area is 118 Å². The van der Waals surface area contributed by atoms with Gasteiger partial charge < -0.3 is 19.3 Å². The van der Waals surface area contributed by atoms with E-state index in [-0.39, 0.29) is 0 Å². The minimum Gasteiger partial charge on any atom is -0.496 e. The molecule has 0 aliphatic carbocycles. The first-order valence-electron chi connectivity index (χ1n) is 5.96. The summed E-state index contributed by atoms with van der Waals surface area (Å²) in [6.45, 7) is 3.91. The predicted molar refractivity (Wildman–Crippen MR) is 74.7 cm³/mol. The third kappa shape index (κ3) is 3.42. The normalized spacial score (nSPS) is 11.6. The lowest BCUT2D eigenvalue weighted by Gasteiger charge is -2.19. The van der Waals surface area contributed by atoms with Gasteiger partial charge in [-0.2, -0.15) is 0 Å². The number of nitrogens with one attached hydrogen (secondary N) is 1. The van der Waals surface area contributed by atoms with Gasteiger partial charge in [-0.1, -0.05) is 6.08 Å². The van der Waals surface area contributed by atoms with Crippen LogP contribution in [0.5, 0.6) is 17.2 Å². The first-order valence-corrected chi connectivity index (χ1v) is 5.96. The fourth-order valence-corrected chi connectivity index (χ4v) is 1.81. The molecule has 0 aliphatic rings. The number of carboxylic acid groups (broad SMARTS) is 1. The van der Waals surface area contributed by atoms with Crippen LogP contribution in [0.25, 0.3) is 0 Å². The summed E-state index contributed by atoms with van der Waals surface area (Å²) in [7, 11) is 4.46. The Morgan fingerprint density at radius 1 is 1.25 bits per heavy atom. The molecule has 1 aromatic rings. The molecule has 0 aromatic heterocycles. The SMILES string of the molecule is C=CCNC(C(=O)O)c1cc(OC)c(OC)cc1OC. The van der Waals surface area contributed by atoms with E-state index in [4.69, 9.17) is 14.2 Å². The summed E-state index contributed by atoms with van der Waals surface area (Å²) < 4.78 is 15.6. The zero-order chi connectivity index (χ0) is 15.1. The molecule has 0 fully saturated rings. The number of hydrogen-bond acceptors (Lipinski definition) is 5. The molecular formula is C14H19NO5. The summed E-state index contributed by atoms with van der Waals surface area (Å²) in [6, 6.07) is 2.26. The van der Waals surface area contributed by atoms with Gasteiger partial charge in [0.2, 0.25) is 0 Å². The Kier molecular flexibility index (Phi) is 5.86. The van der Waals surface area contributed by atoms with Crippen molar-refractivity contribution in [3.63, 3.8) is 0 Å². The van der Waals surface area contributed by atoms with E-state index in [0.717, 1.165) is 0 Å². The highest BCUT2D eigenvalue weighted by Crippen LogP contribution is 2.37. The maximum Gasteiger partial charge on any atom is 0.325 e. The molecule has 1 unspecified atom stereocenters. The zero-order valence-electron chi connectivity index (χ0n) is 11.8. The van der Waals surface area contributed by atoms with Crippen molar-refractivity contribution >= 4 is 5.97 Å². The second kappa shape index (κ2) is 7.40. The number of methoxy groups -OCH3 is 3. The Balaban J connectivity index is 3.31. The number of ether oxygens (including phenoxy) is 3. The van der Waals surface area contributed by atoms with Crippen molar-refractivity contribution in [3.05, 3.63) is 30.4 Å². The van der Waals surface area contributed by atoms with Crippen molar-refractivity contribution < 1.29 is 24.1 Å². The second-order valence-electron chi connectivity index (χ2n) is 3.92. The number of benzene rings is 1. The molecule has 0 saturated heterocycles. The van der Waals surface area contributed by atoms with Crippen molar-refractivity contribution in [2.45, 2.75) is 6.04 Å². The molecule has 20 heavy (non-hydrogen) atoms. The van der Waals surface area contributed by atoms with Crippen LogP contribution in [0.1, 0.15) is 11.6 Å². The van der Waals surface area contributed by atoms with Crippen LogP contribution in [0.15, 0.2) is 24.8 Å². The molecule has 0 amide bonds. The van der Waals surface area contributed by atoms with Crippen molar-refractivity contribution in [1.29, 1.82) is 0 Å². The molecule has 0 aliphatic heterocycles. The highest BCUT2D eigenvalue weighted by atomic mass is 16.5. The van der Waals surface area contributed by atoms with Gasteiger partial charge in [-0.05, 0) is 6.07 Å². The van der Waals surface area contributed by atoms with Gasteiger partial charge in [0.15, 0.2) is 11.5 Å². The summed E-state index contributed by atoms with van der Waals surface area (Å²) in [6.07, 6.45) is 1.59. The summed E-state index contributed by atoms with van der Waals surface area (Å²) in [5.74, 6) is 0.305. The van der Waals surface area contributed by atoms with E-state index in [9.17, 15) is 9.90 Å². The van der Waals surface area contributed by atoms with E-state index in [1.54, 1.807) is 18.2 Å². The van der Waals surface area contributed by atoms with Gasteiger partial charge in [-0.15, -0.1) is 6.58 Å². The van der Waals surface area contributed by atoms with Gasteiger partial charge >= 0.3 is 5.97 Å². The van der Waals surface area contributed by atoms with E-state index >= 15 is 0 Å². The highest BCUT2D eigenvalue weighted by molar-refractivity contribution is 5.77. The third-order valence-electron chi connectivity index (χ3n) is 2.76. The van der Waals surface area contributed by atoms with Crippen LogP contribution < -0.4 is 19.5 Å². The first-order chi connectivity index (χ1) is 9.58. The topological polar surface area (TPSA) is 77.0 Å². The summed E-state index contributed by atoms with van der Waals surface area (Å²) in [5, 5.41) is 12.2. The molecule has 0 saturated carbocycles. The lowest BCUT2D eigenvalue weighted by atomic mass is 10.0. The van der Waals surface area contributed by atoms with E-state index in [2.05, 4.69) is 11.9 Å². The minimum absolute atomic E-state index is 0.356. The molecule has 1 aromatic carbocycles. The molecule has 0 radical (unpaired) electrons. The maximum absolute atomic E-state index is 11.4. The number of hydrogen-bond donors (Lipinski definition) is 2. The minimum atomic E-state index is -1.02. The van der Waals surface area contributed by atoms with Crippen LogP contribution in [0, 0.1) is 0 Å². The second-order valence-corrected chi connectivity index (χ2v) is 3.92. The number of aliphatic carboxylic acids is 1. The molecule has 1 atom stereocenters. The molecular weight excluding hydrogens is 262 g/mol. The molecule has 6 nitrogen and oxygen atoms in total. The van der Waals surface area contributed by atoms with Gasteiger partial charge in [0, 0.05) is 18.2 Å². The van der Waals surface area contributed by atoms with Gasteiger partial charge in [0.1, 0.15) is 11.8 Å². The van der Waals surface area contributed by atoms with Crippen molar-refractivity contribution in [1.82, 2.24) is 5.32 Å². The van der Waals surface area contributed by atoms with E-state index in [1.807, 2.05) is 0 Å². The smallest absolute Gasteiger partial charge is 0.325 e. The molecule has 6 heteroatoms. The fourth-order valence-electron chi connectivity index (χ4n) is 1.81. The zero-order valence-corrected chi connectivity index (χ0v) is 11.8. The van der Waals surface area contributed by atoms with Crippen molar-refractivity contribution in [2.24, 2.45) is 0 Å². The fraction of sp³-hybridized carbons (Fsp3) is 0.357. The lowest BCUT2D eigenvalue weighted by molar-refractivity contribution is -0.139. The number of carboxylic acids is 1. The van der Waals surface area contributed by atoms with Crippen LogP contribution in [0.3, 0.4) is 0 Å². The largest absolute Gasteiger partial charge is 0.496 e. The Morgan fingerprint density at radius 3 is 2.25 bits per heavy atom. The van der Waals surface area contributed by atoms with E-state index < -0.39 is 12.0 Å². The van der Waals surface area contributed by atoms with Crippen molar-refractivity contribution in [2.75, 3.05) is 27.9 Å². The molecule has 0 heterocycles. The Hall–Kier alpha value is -2.21. The lowest BCUT2D eigenvalue weighted by Crippen LogP contribution is -2.29. The summed E-state index contributed by atoms with van der Waals surface area (Å²) >= 11 is 0. The summed E-state index contributed by atoms with van der Waals surface area (Å²) in [5.41, 5.74) is 0.458. The number of carbonyl (C=O) groups is 1. The van der Waals surface area contributed by atoms with Crippen LogP contribution in [0.4, 0.5) is 0 Å². The standard InChI is InChI=1S/C14H19NO5/c1-5-6-15-13(14(16)17)9-7-11(19-3)12(20-4)8-10(9)18-2/h5,7-8,13,15H,1,6H2,2-4H3,(H,16,17). The molecule has 0 spiro atoms. The predicted octanol–water partition coefficient (Wildman–Crippen LogP) is 1.61. The molecule has 110 valence electrons. The maximum atomic E-state index is 11.4. The first kappa shape index (κ1) is 15.8. The van der Waals surface area contributed by atoms with Crippen LogP contribution in [-0.2, 0) is 4.79 Å². The van der Waals surface area contributed by atoms with Crippen LogP contribution in [0.2, 0.25) is 0 Å². The Morgan fingerprint density at radius 2 is 1.80 bits per heavy atom. The average molecular weight is 281 g/mol. The van der Waals surface area contributed by atoms with Gasteiger partial charge in [-0.3, -0.25) is 10.1 Å². The summed E-state index contributed by atoms with van der Waals surface area (Å²) in [4.78, 5) is 11.4. The number of rotatable bonds is 8. The van der Waals surface area contributed by atoms with Gasteiger partial charge in [0.25, 0.3) is 0 Å². The monoisotopic (exact) mass is 281 g/mol. The highest BCUT2D eigenvalue weighted by Gasteiger charge is 2.25. The van der Waals surface area contributed by atoms with Crippen LogP contribution >= 0.6 is 0 Å². The molecule has 2 N–H and O–H groups in total. The van der Waals surface area contributed by atoms with Gasteiger partial charge in [0.05, 0.1) is 21.3 Å². The molecule has 0 bridgehead atoms. The van der Waals surface area contributed by atoms with Gasteiger partial charge in [-0.25, -0.2) is 0 Å². The molecule has 1 rings (SSSR count). The average Bonchev–Trinajstić information content (AvgIpc) is 2.46.